The Morgan fingerprint density at radius 2 is 1.78 bits per heavy atom. The SMILES string of the molecule is CC(C)(C)OC(=O)Nc1cccc(C(=O)Nc2cccnc2)c1. The van der Waals surface area contributed by atoms with E-state index in [-0.39, 0.29) is 5.91 Å². The van der Waals surface area contributed by atoms with Crippen LogP contribution in [-0.4, -0.2) is 22.6 Å². The molecule has 0 saturated heterocycles. The molecule has 0 aliphatic carbocycles. The summed E-state index contributed by atoms with van der Waals surface area (Å²) in [5.41, 5.74) is 0.919. The molecule has 6 heteroatoms. The molecule has 2 aromatic rings. The Hall–Kier alpha value is -2.89. The predicted molar refractivity (Wildman–Crippen MR) is 88.5 cm³/mol. The highest BCUT2D eigenvalue weighted by molar-refractivity contribution is 6.05. The molecule has 0 bridgehead atoms. The van der Waals surface area contributed by atoms with Gasteiger partial charge in [-0.2, -0.15) is 0 Å². The number of hydrogen-bond acceptors (Lipinski definition) is 4. The fraction of sp³-hybridized carbons (Fsp3) is 0.235. The second-order valence-electron chi connectivity index (χ2n) is 5.90. The van der Waals surface area contributed by atoms with Gasteiger partial charge in [-0.15, -0.1) is 0 Å². The third-order valence-corrected chi connectivity index (χ3v) is 2.69. The van der Waals surface area contributed by atoms with Crippen LogP contribution in [0.2, 0.25) is 0 Å². The number of carbonyl (C=O) groups excluding carboxylic acids is 2. The summed E-state index contributed by atoms with van der Waals surface area (Å²) in [5.74, 6) is -0.286. The fourth-order valence-corrected chi connectivity index (χ4v) is 1.80. The maximum Gasteiger partial charge on any atom is 0.412 e. The van der Waals surface area contributed by atoms with Gasteiger partial charge < -0.3 is 10.1 Å². The van der Waals surface area contributed by atoms with Crippen molar-refractivity contribution in [3.63, 3.8) is 0 Å². The number of aromatic nitrogens is 1. The molecule has 0 fully saturated rings. The molecule has 1 aromatic heterocycles. The molecule has 6 nitrogen and oxygen atoms in total. The molecule has 0 saturated carbocycles. The zero-order valence-corrected chi connectivity index (χ0v) is 13.3. The number of anilines is 2. The first-order valence-corrected chi connectivity index (χ1v) is 7.15. The van der Waals surface area contributed by atoms with E-state index < -0.39 is 11.7 Å². The minimum Gasteiger partial charge on any atom is -0.444 e. The Balaban J connectivity index is 2.04. The summed E-state index contributed by atoms with van der Waals surface area (Å²) in [6, 6.07) is 10.1. The van der Waals surface area contributed by atoms with Gasteiger partial charge in [0.1, 0.15) is 5.60 Å². The van der Waals surface area contributed by atoms with E-state index in [2.05, 4.69) is 15.6 Å². The van der Waals surface area contributed by atoms with Crippen LogP contribution in [0.15, 0.2) is 48.8 Å². The van der Waals surface area contributed by atoms with E-state index in [0.717, 1.165) is 0 Å². The number of ether oxygens (including phenoxy) is 1. The Labute approximate surface area is 134 Å². The molecule has 0 radical (unpaired) electrons. The van der Waals surface area contributed by atoms with Crippen molar-refractivity contribution in [1.82, 2.24) is 4.98 Å². The number of nitrogens with one attached hydrogen (secondary N) is 2. The number of hydrogen-bond donors (Lipinski definition) is 2. The van der Waals surface area contributed by atoms with Crippen LogP contribution in [0, 0.1) is 0 Å². The van der Waals surface area contributed by atoms with Gasteiger partial charge in [0.05, 0.1) is 11.9 Å². The normalized spacial score (nSPS) is 10.7. The lowest BCUT2D eigenvalue weighted by Gasteiger charge is -2.19. The smallest absolute Gasteiger partial charge is 0.412 e. The van der Waals surface area contributed by atoms with E-state index in [1.54, 1.807) is 69.6 Å². The van der Waals surface area contributed by atoms with Crippen molar-refractivity contribution in [1.29, 1.82) is 0 Å². The maximum absolute atomic E-state index is 12.2. The number of carbonyl (C=O) groups is 2. The fourth-order valence-electron chi connectivity index (χ4n) is 1.80. The van der Waals surface area contributed by atoms with Crippen molar-refractivity contribution >= 4 is 23.4 Å². The minimum absolute atomic E-state index is 0.286. The largest absolute Gasteiger partial charge is 0.444 e. The molecule has 0 spiro atoms. The van der Waals surface area contributed by atoms with Crippen LogP contribution in [-0.2, 0) is 4.74 Å². The number of pyridine rings is 1. The van der Waals surface area contributed by atoms with E-state index in [4.69, 9.17) is 4.74 Å². The average molecular weight is 313 g/mol. The number of rotatable bonds is 3. The van der Waals surface area contributed by atoms with Gasteiger partial charge >= 0.3 is 6.09 Å². The van der Waals surface area contributed by atoms with E-state index in [1.807, 2.05) is 0 Å². The third-order valence-electron chi connectivity index (χ3n) is 2.69. The van der Waals surface area contributed by atoms with Crippen molar-refractivity contribution in [2.75, 3.05) is 10.6 Å². The van der Waals surface area contributed by atoms with Gasteiger partial charge in [0.2, 0.25) is 0 Å². The maximum atomic E-state index is 12.2. The number of nitrogens with zero attached hydrogens (tertiary/aromatic N) is 1. The molecule has 0 unspecified atom stereocenters. The third kappa shape index (κ3) is 5.43. The molecule has 2 rings (SSSR count). The summed E-state index contributed by atoms with van der Waals surface area (Å²) in [6.45, 7) is 5.35. The molecule has 0 aliphatic rings. The summed E-state index contributed by atoms with van der Waals surface area (Å²) in [6.07, 6.45) is 2.61. The first-order valence-electron chi connectivity index (χ1n) is 7.15. The van der Waals surface area contributed by atoms with Crippen LogP contribution in [0.1, 0.15) is 31.1 Å². The Bertz CT molecular complexity index is 694. The lowest BCUT2D eigenvalue weighted by molar-refractivity contribution is 0.0635. The zero-order valence-electron chi connectivity index (χ0n) is 13.3. The Morgan fingerprint density at radius 1 is 1.04 bits per heavy atom. The van der Waals surface area contributed by atoms with Gasteiger partial charge in [-0.05, 0) is 51.1 Å². The summed E-state index contributed by atoms with van der Waals surface area (Å²) in [4.78, 5) is 27.9. The number of benzene rings is 1. The van der Waals surface area contributed by atoms with Crippen LogP contribution in [0.25, 0.3) is 0 Å². The summed E-state index contributed by atoms with van der Waals surface area (Å²) < 4.78 is 5.18. The van der Waals surface area contributed by atoms with E-state index in [9.17, 15) is 9.59 Å². The monoisotopic (exact) mass is 313 g/mol. The highest BCUT2D eigenvalue weighted by Crippen LogP contribution is 2.15. The van der Waals surface area contributed by atoms with E-state index >= 15 is 0 Å². The van der Waals surface area contributed by atoms with Gasteiger partial charge in [0.25, 0.3) is 5.91 Å². The quantitative estimate of drug-likeness (QED) is 0.905. The van der Waals surface area contributed by atoms with Gasteiger partial charge in [-0.1, -0.05) is 6.07 Å². The molecular weight excluding hydrogens is 294 g/mol. The van der Waals surface area contributed by atoms with Crippen molar-refractivity contribution in [2.24, 2.45) is 0 Å². The summed E-state index contributed by atoms with van der Waals surface area (Å²) in [7, 11) is 0. The topological polar surface area (TPSA) is 80.3 Å². The molecule has 0 aliphatic heterocycles. The predicted octanol–water partition coefficient (Wildman–Crippen LogP) is 3.68. The molecule has 2 N–H and O–H groups in total. The van der Waals surface area contributed by atoms with E-state index in [0.29, 0.717) is 16.9 Å². The van der Waals surface area contributed by atoms with Gasteiger partial charge in [-0.25, -0.2) is 4.79 Å². The Morgan fingerprint density at radius 3 is 2.43 bits per heavy atom. The highest BCUT2D eigenvalue weighted by atomic mass is 16.6. The van der Waals surface area contributed by atoms with Gasteiger partial charge in [0.15, 0.2) is 0 Å². The molecule has 1 aromatic carbocycles. The van der Waals surface area contributed by atoms with Crippen molar-refractivity contribution in [2.45, 2.75) is 26.4 Å². The molecule has 0 atom stereocenters. The first-order chi connectivity index (χ1) is 10.8. The Kier molecular flexibility index (Phi) is 4.95. The number of amides is 2. The average Bonchev–Trinajstić information content (AvgIpc) is 2.46. The van der Waals surface area contributed by atoms with Crippen LogP contribution >= 0.6 is 0 Å². The van der Waals surface area contributed by atoms with Crippen LogP contribution < -0.4 is 10.6 Å². The molecule has 120 valence electrons. The minimum atomic E-state index is -0.584. The van der Waals surface area contributed by atoms with Crippen LogP contribution in [0.4, 0.5) is 16.2 Å². The van der Waals surface area contributed by atoms with Crippen molar-refractivity contribution < 1.29 is 14.3 Å². The van der Waals surface area contributed by atoms with Crippen LogP contribution in [0.5, 0.6) is 0 Å². The first kappa shape index (κ1) is 16.5. The second-order valence-corrected chi connectivity index (χ2v) is 5.90. The molecular formula is C17H19N3O3. The van der Waals surface area contributed by atoms with Crippen LogP contribution in [0.3, 0.4) is 0 Å². The van der Waals surface area contributed by atoms with Gasteiger partial charge in [-0.3, -0.25) is 15.1 Å². The zero-order chi connectivity index (χ0) is 16.9. The van der Waals surface area contributed by atoms with Gasteiger partial charge in [0, 0.05) is 17.4 Å². The second kappa shape index (κ2) is 6.91. The molecule has 2 amide bonds. The van der Waals surface area contributed by atoms with Crippen molar-refractivity contribution in [3.05, 3.63) is 54.4 Å². The standard InChI is InChI=1S/C17H19N3O3/c1-17(2,3)23-16(22)20-13-7-4-6-12(10-13)15(21)19-14-8-5-9-18-11-14/h4-11H,1-3H3,(H,19,21)(H,20,22). The molecule has 23 heavy (non-hydrogen) atoms. The summed E-state index contributed by atoms with van der Waals surface area (Å²) in [5, 5.41) is 5.34. The lowest BCUT2D eigenvalue weighted by atomic mass is 10.2. The lowest BCUT2D eigenvalue weighted by Crippen LogP contribution is -2.27. The van der Waals surface area contributed by atoms with E-state index in [1.165, 1.54) is 0 Å². The highest BCUT2D eigenvalue weighted by Gasteiger charge is 2.16. The van der Waals surface area contributed by atoms with Crippen molar-refractivity contribution in [3.8, 4) is 0 Å². The summed E-state index contributed by atoms with van der Waals surface area (Å²) >= 11 is 0. The molecule has 1 heterocycles.